The lowest BCUT2D eigenvalue weighted by atomic mass is 10.2. The summed E-state index contributed by atoms with van der Waals surface area (Å²) in [5.74, 6) is 0.0622. The predicted molar refractivity (Wildman–Crippen MR) is 143 cm³/mol. The van der Waals surface area contributed by atoms with Crippen molar-refractivity contribution in [2.45, 2.75) is 6.61 Å². The highest BCUT2D eigenvalue weighted by atomic mass is 79.9. The molecular weight excluding hydrogens is 620 g/mol. The molecule has 0 fully saturated rings. The van der Waals surface area contributed by atoms with Gasteiger partial charge in [0.2, 0.25) is 0 Å². The molecule has 3 aromatic carbocycles. The number of non-ortho nitro benzene ring substituents is 2. The summed E-state index contributed by atoms with van der Waals surface area (Å²) in [5.41, 5.74) is 3.70. The van der Waals surface area contributed by atoms with E-state index in [1.807, 2.05) is 0 Å². The van der Waals surface area contributed by atoms with E-state index >= 15 is 0 Å². The third-order valence-electron chi connectivity index (χ3n) is 4.84. The number of fused-ring (bicyclic) bond motifs is 1. The number of nitro groups is 2. The van der Waals surface area contributed by atoms with Crippen molar-refractivity contribution in [3.05, 3.63) is 106 Å². The van der Waals surface area contributed by atoms with Crippen molar-refractivity contribution >= 4 is 76.8 Å². The fraction of sp³-hybridized carbons (Fsp3) is 0.0435. The minimum Gasteiger partial charge on any atom is -0.487 e. The maximum absolute atomic E-state index is 12.5. The Bertz CT molecular complexity index is 1520. The van der Waals surface area contributed by atoms with Gasteiger partial charge in [0.05, 0.1) is 29.9 Å². The van der Waals surface area contributed by atoms with Crippen molar-refractivity contribution in [3.63, 3.8) is 0 Å². The topological polar surface area (TPSA) is 137 Å². The number of nitro benzene ring substituents is 2. The van der Waals surface area contributed by atoms with Crippen LogP contribution in [-0.2, 0) is 6.61 Å². The number of hydrogen-bond acceptors (Lipinski definition) is 8. The molecule has 0 unspecified atom stereocenters. The van der Waals surface area contributed by atoms with Crippen LogP contribution in [0.1, 0.15) is 20.8 Å². The lowest BCUT2D eigenvalue weighted by Gasteiger charge is -2.11. The number of rotatable bonds is 8. The van der Waals surface area contributed by atoms with Crippen molar-refractivity contribution < 1.29 is 19.4 Å². The molecule has 0 saturated carbocycles. The zero-order valence-corrected chi connectivity index (χ0v) is 22.0. The second-order valence-corrected chi connectivity index (χ2v) is 10.1. The zero-order valence-electron chi connectivity index (χ0n) is 18.0. The van der Waals surface area contributed by atoms with E-state index in [2.05, 4.69) is 42.4 Å². The molecule has 0 aliphatic carbocycles. The molecule has 0 atom stereocenters. The lowest BCUT2D eigenvalue weighted by molar-refractivity contribution is -0.385. The van der Waals surface area contributed by atoms with Gasteiger partial charge in [0.1, 0.15) is 12.4 Å². The summed E-state index contributed by atoms with van der Waals surface area (Å²) in [7, 11) is 0. The molecule has 4 rings (SSSR count). The molecule has 0 aliphatic heterocycles. The number of benzene rings is 3. The van der Waals surface area contributed by atoms with Gasteiger partial charge in [0.15, 0.2) is 0 Å². The first-order valence-corrected chi connectivity index (χ1v) is 12.5. The third kappa shape index (κ3) is 5.93. The summed E-state index contributed by atoms with van der Waals surface area (Å²) in [6, 6.07) is 15.7. The SMILES string of the molecule is O=C(N/N=C\c1cc(Br)c(OCc2cccc([N+](=O)[O-])c2)c(Br)c1)c1cc2cc([N+](=O)[O-])ccc2s1. The van der Waals surface area contributed by atoms with E-state index in [1.165, 1.54) is 41.8 Å². The molecule has 1 heterocycles. The average molecular weight is 634 g/mol. The number of hydrazone groups is 1. The predicted octanol–water partition coefficient (Wildman–Crippen LogP) is 6.59. The fourth-order valence-corrected chi connectivity index (χ4v) is 5.57. The molecule has 13 heteroatoms. The maximum atomic E-state index is 12.5. The molecule has 4 aromatic rings. The number of nitrogens with one attached hydrogen (secondary N) is 1. The maximum Gasteiger partial charge on any atom is 0.281 e. The van der Waals surface area contributed by atoms with Crippen molar-refractivity contribution in [2.24, 2.45) is 5.10 Å². The number of ether oxygens (including phenoxy) is 1. The van der Waals surface area contributed by atoms with E-state index in [0.717, 1.165) is 4.70 Å². The lowest BCUT2D eigenvalue weighted by Crippen LogP contribution is -2.16. The van der Waals surface area contributed by atoms with E-state index in [1.54, 1.807) is 36.4 Å². The third-order valence-corrected chi connectivity index (χ3v) is 7.13. The van der Waals surface area contributed by atoms with Crippen LogP contribution in [0.15, 0.2) is 74.7 Å². The molecule has 1 N–H and O–H groups in total. The van der Waals surface area contributed by atoms with Crippen molar-refractivity contribution in [1.82, 2.24) is 5.43 Å². The fourth-order valence-electron chi connectivity index (χ4n) is 3.18. The van der Waals surface area contributed by atoms with Crippen LogP contribution in [0.4, 0.5) is 11.4 Å². The zero-order chi connectivity index (χ0) is 25.8. The Morgan fingerprint density at radius 3 is 2.39 bits per heavy atom. The molecule has 1 amide bonds. The minimum absolute atomic E-state index is 0.0141. The normalized spacial score (nSPS) is 11.1. The van der Waals surface area contributed by atoms with Gasteiger partial charge in [0, 0.05) is 34.4 Å². The van der Waals surface area contributed by atoms with Crippen LogP contribution in [-0.4, -0.2) is 22.0 Å². The number of thiophene rings is 1. The van der Waals surface area contributed by atoms with E-state index < -0.39 is 15.8 Å². The molecule has 0 radical (unpaired) electrons. The van der Waals surface area contributed by atoms with Gasteiger partial charge in [-0.05, 0) is 67.3 Å². The first-order valence-electron chi connectivity index (χ1n) is 10.1. The van der Waals surface area contributed by atoms with Crippen molar-refractivity contribution in [3.8, 4) is 5.75 Å². The van der Waals surface area contributed by atoms with Crippen LogP contribution in [0.3, 0.4) is 0 Å². The Kier molecular flexibility index (Phi) is 7.72. The smallest absolute Gasteiger partial charge is 0.281 e. The number of carbonyl (C=O) groups excluding carboxylic acids is 1. The van der Waals surface area contributed by atoms with Crippen LogP contribution < -0.4 is 10.2 Å². The van der Waals surface area contributed by atoms with E-state index in [-0.39, 0.29) is 18.0 Å². The van der Waals surface area contributed by atoms with Gasteiger partial charge in [-0.25, -0.2) is 5.43 Å². The summed E-state index contributed by atoms with van der Waals surface area (Å²) in [6.45, 7) is 0.126. The largest absolute Gasteiger partial charge is 0.487 e. The van der Waals surface area contributed by atoms with E-state index in [4.69, 9.17) is 4.74 Å². The Labute approximate surface area is 224 Å². The minimum atomic E-state index is -0.485. The first-order chi connectivity index (χ1) is 17.2. The summed E-state index contributed by atoms with van der Waals surface area (Å²) in [5, 5.41) is 26.5. The Hall–Kier alpha value is -3.68. The molecule has 0 aliphatic rings. The second-order valence-electron chi connectivity index (χ2n) is 7.32. The number of nitrogens with zero attached hydrogens (tertiary/aromatic N) is 3. The summed E-state index contributed by atoms with van der Waals surface area (Å²) in [6.07, 6.45) is 1.45. The molecule has 10 nitrogen and oxygen atoms in total. The standard InChI is InChI=1S/C23H14Br2N4O6S/c24-18-7-14(8-19(25)22(18)35-12-13-2-1-3-16(6-13)28(31)32)11-26-27-23(30)21-10-15-9-17(29(33)34)4-5-20(15)36-21/h1-11H,12H2,(H,27,30)/b26-11-. The van der Waals surface area contributed by atoms with Crippen LogP contribution in [0.2, 0.25) is 0 Å². The number of halogens is 2. The quantitative estimate of drug-likeness (QED) is 0.132. The summed E-state index contributed by atoms with van der Waals surface area (Å²) >= 11 is 8.10. The summed E-state index contributed by atoms with van der Waals surface area (Å²) < 4.78 is 7.80. The monoisotopic (exact) mass is 632 g/mol. The molecule has 0 bridgehead atoms. The van der Waals surface area contributed by atoms with Gasteiger partial charge in [0.25, 0.3) is 17.3 Å². The van der Waals surface area contributed by atoms with Crippen LogP contribution in [0, 0.1) is 20.2 Å². The molecule has 1 aromatic heterocycles. The first kappa shape index (κ1) is 25.4. The van der Waals surface area contributed by atoms with Gasteiger partial charge >= 0.3 is 0 Å². The average Bonchev–Trinajstić information content (AvgIpc) is 3.27. The highest BCUT2D eigenvalue weighted by Gasteiger charge is 2.14. The second kappa shape index (κ2) is 10.9. The molecule has 0 spiro atoms. The van der Waals surface area contributed by atoms with Crippen LogP contribution in [0.5, 0.6) is 5.75 Å². The van der Waals surface area contributed by atoms with E-state index in [0.29, 0.717) is 36.1 Å². The molecular formula is C23H14Br2N4O6S. The Balaban J connectivity index is 1.41. The van der Waals surface area contributed by atoms with Gasteiger partial charge < -0.3 is 4.74 Å². The van der Waals surface area contributed by atoms with Crippen LogP contribution >= 0.6 is 43.2 Å². The van der Waals surface area contributed by atoms with E-state index in [9.17, 15) is 25.0 Å². The Morgan fingerprint density at radius 1 is 1.00 bits per heavy atom. The number of hydrogen-bond donors (Lipinski definition) is 1. The highest BCUT2D eigenvalue weighted by Crippen LogP contribution is 2.35. The molecule has 182 valence electrons. The van der Waals surface area contributed by atoms with Crippen molar-refractivity contribution in [1.29, 1.82) is 0 Å². The van der Waals surface area contributed by atoms with Gasteiger partial charge in [-0.1, -0.05) is 12.1 Å². The van der Waals surface area contributed by atoms with Crippen LogP contribution in [0.25, 0.3) is 10.1 Å². The van der Waals surface area contributed by atoms with Gasteiger partial charge in [-0.2, -0.15) is 5.10 Å². The highest BCUT2D eigenvalue weighted by molar-refractivity contribution is 9.11. The van der Waals surface area contributed by atoms with Gasteiger partial charge in [-0.15, -0.1) is 11.3 Å². The van der Waals surface area contributed by atoms with Crippen molar-refractivity contribution in [2.75, 3.05) is 0 Å². The summed E-state index contributed by atoms with van der Waals surface area (Å²) in [4.78, 5) is 33.8. The molecule has 0 saturated heterocycles. The number of carbonyl (C=O) groups is 1. The van der Waals surface area contributed by atoms with Gasteiger partial charge in [-0.3, -0.25) is 25.0 Å². The molecule has 36 heavy (non-hydrogen) atoms. The number of amides is 1. The Morgan fingerprint density at radius 2 is 1.69 bits per heavy atom.